The van der Waals surface area contributed by atoms with Crippen LogP contribution in [0.3, 0.4) is 0 Å². The Kier molecular flexibility index (Phi) is 10.5. The summed E-state index contributed by atoms with van der Waals surface area (Å²) in [5, 5.41) is 16.1. The van der Waals surface area contributed by atoms with E-state index in [1.807, 2.05) is 31.3 Å². The van der Waals surface area contributed by atoms with Crippen LogP contribution in [0.5, 0.6) is 0 Å². The SMILES string of the molecule is CO/C(C)=N/C=C(/NCCCC(CCCOC(C)=O)Cn1[nH]c2ccc(C#N)cc21)C(C)C. The number of nitriles is 1. The van der Waals surface area contributed by atoms with Gasteiger partial charge in [0.2, 0.25) is 0 Å². The lowest BCUT2D eigenvalue weighted by atomic mass is 9.97. The highest BCUT2D eigenvalue weighted by atomic mass is 16.5. The van der Waals surface area contributed by atoms with E-state index in [1.165, 1.54) is 6.92 Å². The summed E-state index contributed by atoms with van der Waals surface area (Å²) in [6, 6.07) is 7.89. The number of fused-ring (bicyclic) bond motifs is 1. The molecular weight excluding hydrogens is 418 g/mol. The number of nitrogens with zero attached hydrogens (tertiary/aromatic N) is 3. The summed E-state index contributed by atoms with van der Waals surface area (Å²) in [4.78, 5) is 15.4. The Balaban J connectivity index is 1.95. The van der Waals surface area contributed by atoms with Crippen LogP contribution in [0.1, 0.15) is 58.9 Å². The van der Waals surface area contributed by atoms with Crippen molar-refractivity contribution in [3.8, 4) is 6.07 Å². The molecule has 0 spiro atoms. The summed E-state index contributed by atoms with van der Waals surface area (Å²) >= 11 is 0. The molecule has 8 nitrogen and oxygen atoms in total. The normalized spacial score (nSPS) is 13.2. The minimum absolute atomic E-state index is 0.238. The van der Waals surface area contributed by atoms with E-state index in [4.69, 9.17) is 9.47 Å². The Hall–Kier alpha value is -3.21. The number of methoxy groups -OCH3 is 1. The second kappa shape index (κ2) is 13.4. The smallest absolute Gasteiger partial charge is 0.302 e. The maximum Gasteiger partial charge on any atom is 0.302 e. The molecule has 0 aliphatic heterocycles. The summed E-state index contributed by atoms with van der Waals surface area (Å²) in [6.07, 6.45) is 5.67. The van der Waals surface area contributed by atoms with E-state index in [2.05, 4.69) is 40.0 Å². The van der Waals surface area contributed by atoms with Gasteiger partial charge in [-0.05, 0) is 55.7 Å². The third-order valence-corrected chi connectivity index (χ3v) is 5.60. The summed E-state index contributed by atoms with van der Waals surface area (Å²) in [5.41, 5.74) is 3.86. The molecule has 2 N–H and O–H groups in total. The first-order valence-electron chi connectivity index (χ1n) is 11.6. The van der Waals surface area contributed by atoms with Gasteiger partial charge in [0, 0.05) is 38.8 Å². The lowest BCUT2D eigenvalue weighted by molar-refractivity contribution is -0.141. The molecule has 1 heterocycles. The van der Waals surface area contributed by atoms with Crippen molar-refractivity contribution in [1.82, 2.24) is 15.1 Å². The molecule has 8 heteroatoms. The van der Waals surface area contributed by atoms with Crippen molar-refractivity contribution in [2.75, 3.05) is 20.3 Å². The van der Waals surface area contributed by atoms with Crippen LogP contribution >= 0.6 is 0 Å². The van der Waals surface area contributed by atoms with Gasteiger partial charge in [-0.15, -0.1) is 0 Å². The molecule has 0 aliphatic rings. The molecule has 1 atom stereocenters. The number of hydrogen-bond acceptors (Lipinski definition) is 6. The van der Waals surface area contributed by atoms with Crippen molar-refractivity contribution < 1.29 is 14.3 Å². The van der Waals surface area contributed by atoms with Gasteiger partial charge >= 0.3 is 5.97 Å². The van der Waals surface area contributed by atoms with Gasteiger partial charge in [-0.2, -0.15) is 5.26 Å². The largest absolute Gasteiger partial charge is 0.484 e. The molecule has 1 aromatic heterocycles. The number of rotatable bonds is 13. The standard InChI is InChI=1S/C25H37N5O3/c1-18(2)24(16-28-19(3)32-5)27-12-6-8-21(9-7-13-33-20(4)31)17-30-25-14-22(15-26)10-11-23(25)29-30/h10-11,14,16,18,21,27,29H,6-9,12-13,17H2,1-5H3/b24-16+,28-19+. The van der Waals surface area contributed by atoms with Crippen molar-refractivity contribution in [1.29, 1.82) is 5.26 Å². The predicted molar refractivity (Wildman–Crippen MR) is 131 cm³/mol. The summed E-state index contributed by atoms with van der Waals surface area (Å²) in [5.74, 6) is 1.16. The van der Waals surface area contributed by atoms with Crippen LogP contribution < -0.4 is 5.32 Å². The third kappa shape index (κ3) is 8.68. The Morgan fingerprint density at radius 3 is 2.73 bits per heavy atom. The third-order valence-electron chi connectivity index (χ3n) is 5.60. The van der Waals surface area contributed by atoms with Crippen LogP contribution in [0.4, 0.5) is 0 Å². The van der Waals surface area contributed by atoms with Gasteiger partial charge in [0.1, 0.15) is 0 Å². The van der Waals surface area contributed by atoms with E-state index in [1.54, 1.807) is 7.11 Å². The monoisotopic (exact) mass is 455 g/mol. The average Bonchev–Trinajstić information content (AvgIpc) is 2.78. The molecule has 0 radical (unpaired) electrons. The quantitative estimate of drug-likeness (QED) is 0.197. The number of aromatic nitrogens is 2. The number of allylic oxidation sites excluding steroid dienone is 1. The van der Waals surface area contributed by atoms with Crippen LogP contribution in [-0.2, 0) is 20.8 Å². The number of benzene rings is 1. The summed E-state index contributed by atoms with van der Waals surface area (Å²) in [6.45, 7) is 9.68. The number of H-pyrrole nitrogens is 1. The minimum atomic E-state index is -0.238. The second-order valence-corrected chi connectivity index (χ2v) is 8.57. The lowest BCUT2D eigenvalue weighted by Gasteiger charge is -2.23. The van der Waals surface area contributed by atoms with Crippen LogP contribution in [0.25, 0.3) is 11.0 Å². The second-order valence-electron chi connectivity index (χ2n) is 8.57. The van der Waals surface area contributed by atoms with Gasteiger partial charge in [-0.25, -0.2) is 4.99 Å². The minimum Gasteiger partial charge on any atom is -0.484 e. The van der Waals surface area contributed by atoms with Crippen LogP contribution in [-0.4, -0.2) is 41.9 Å². The van der Waals surface area contributed by atoms with E-state index >= 15 is 0 Å². The number of nitrogens with one attached hydrogen (secondary N) is 2. The van der Waals surface area contributed by atoms with Crippen molar-refractivity contribution in [3.63, 3.8) is 0 Å². The Morgan fingerprint density at radius 1 is 1.30 bits per heavy atom. The van der Waals surface area contributed by atoms with Crippen molar-refractivity contribution >= 4 is 22.9 Å². The average molecular weight is 456 g/mol. The molecule has 2 rings (SSSR count). The zero-order valence-electron chi connectivity index (χ0n) is 20.5. The molecule has 2 aromatic rings. The van der Waals surface area contributed by atoms with Gasteiger partial charge in [-0.1, -0.05) is 13.8 Å². The first kappa shape index (κ1) is 26.0. The van der Waals surface area contributed by atoms with Crippen LogP contribution in [0.2, 0.25) is 0 Å². The zero-order chi connectivity index (χ0) is 24.2. The molecule has 33 heavy (non-hydrogen) atoms. The van der Waals surface area contributed by atoms with Crippen molar-refractivity contribution in [2.24, 2.45) is 16.8 Å². The molecule has 0 fully saturated rings. The van der Waals surface area contributed by atoms with E-state index < -0.39 is 0 Å². The van der Waals surface area contributed by atoms with Gasteiger partial charge in [0.15, 0.2) is 5.90 Å². The van der Waals surface area contributed by atoms with Crippen molar-refractivity contribution in [2.45, 2.75) is 59.9 Å². The molecule has 0 saturated carbocycles. The van der Waals surface area contributed by atoms with E-state index in [9.17, 15) is 10.1 Å². The van der Waals surface area contributed by atoms with E-state index in [0.717, 1.165) is 55.5 Å². The molecule has 0 aliphatic carbocycles. The highest BCUT2D eigenvalue weighted by molar-refractivity contribution is 5.78. The maximum atomic E-state index is 11.1. The molecule has 0 bridgehead atoms. The first-order chi connectivity index (χ1) is 15.8. The fraction of sp³-hybridized carbons (Fsp3) is 0.560. The summed E-state index contributed by atoms with van der Waals surface area (Å²) in [7, 11) is 1.61. The summed E-state index contributed by atoms with van der Waals surface area (Å²) < 4.78 is 12.3. The maximum absolute atomic E-state index is 11.1. The van der Waals surface area contributed by atoms with Gasteiger partial charge < -0.3 is 14.8 Å². The molecule has 1 aromatic carbocycles. The molecule has 0 saturated heterocycles. The van der Waals surface area contributed by atoms with E-state index in [-0.39, 0.29) is 5.97 Å². The highest BCUT2D eigenvalue weighted by Crippen LogP contribution is 2.22. The topological polar surface area (TPSA) is 104 Å². The van der Waals surface area contributed by atoms with Gasteiger partial charge in [0.05, 0.1) is 36.4 Å². The molecule has 180 valence electrons. The first-order valence-corrected chi connectivity index (χ1v) is 11.6. The van der Waals surface area contributed by atoms with E-state index in [0.29, 0.717) is 29.9 Å². The van der Waals surface area contributed by atoms with Crippen LogP contribution in [0.15, 0.2) is 35.1 Å². The Bertz CT molecular complexity index is 994. The Labute approximate surface area is 196 Å². The lowest BCUT2D eigenvalue weighted by Crippen LogP contribution is -2.22. The van der Waals surface area contributed by atoms with Crippen LogP contribution in [0, 0.1) is 23.2 Å². The van der Waals surface area contributed by atoms with Gasteiger partial charge in [-0.3, -0.25) is 14.6 Å². The van der Waals surface area contributed by atoms with Gasteiger partial charge in [0.25, 0.3) is 0 Å². The number of aliphatic imine (C=N–C) groups is 1. The number of carbonyl (C=O) groups is 1. The highest BCUT2D eigenvalue weighted by Gasteiger charge is 2.14. The molecule has 1 unspecified atom stereocenters. The number of ether oxygens (including phenoxy) is 2. The fourth-order valence-corrected chi connectivity index (χ4v) is 3.62. The zero-order valence-corrected chi connectivity index (χ0v) is 20.5. The number of aromatic amines is 1. The number of hydrogen-bond donors (Lipinski definition) is 2. The predicted octanol–water partition coefficient (Wildman–Crippen LogP) is 4.73. The number of esters is 1. The molecular formula is C25H37N5O3. The Morgan fingerprint density at radius 2 is 2.06 bits per heavy atom. The van der Waals surface area contributed by atoms with Crippen molar-refractivity contribution in [3.05, 3.63) is 35.7 Å². The number of carbonyl (C=O) groups excluding carboxylic acids is 1. The molecule has 0 amide bonds. The fourth-order valence-electron chi connectivity index (χ4n) is 3.62.